The van der Waals surface area contributed by atoms with E-state index in [0.29, 0.717) is 12.0 Å². The molecule has 2 atom stereocenters. The van der Waals surface area contributed by atoms with E-state index >= 15 is 0 Å². The second kappa shape index (κ2) is 7.98. The summed E-state index contributed by atoms with van der Waals surface area (Å²) in [4.78, 5) is 0. The minimum absolute atomic E-state index is 0.240. The molecular weight excluding hydrogens is 226 g/mol. The maximum atomic E-state index is 9.42. The van der Waals surface area contributed by atoms with Gasteiger partial charge in [0.1, 0.15) is 5.75 Å². The molecule has 1 aromatic rings. The monoisotopic (exact) mass is 251 g/mol. The lowest BCUT2D eigenvalue weighted by Crippen LogP contribution is -2.31. The molecule has 0 radical (unpaired) electrons. The second-order valence-electron chi connectivity index (χ2n) is 4.62. The Morgan fingerprint density at radius 3 is 2.33 bits per heavy atom. The number of rotatable bonds is 8. The SMILES string of the molecule is CCC[C@@H](Nc1ccc(OC)cc1)[C@H](CC)CO. The van der Waals surface area contributed by atoms with Crippen molar-refractivity contribution >= 4 is 5.69 Å². The number of nitrogens with one attached hydrogen (secondary N) is 1. The van der Waals surface area contributed by atoms with Gasteiger partial charge in [-0.05, 0) is 37.1 Å². The molecule has 0 heterocycles. The molecule has 3 heteroatoms. The van der Waals surface area contributed by atoms with E-state index in [2.05, 4.69) is 19.2 Å². The highest BCUT2D eigenvalue weighted by atomic mass is 16.5. The smallest absolute Gasteiger partial charge is 0.119 e. The number of methoxy groups -OCH3 is 1. The van der Waals surface area contributed by atoms with Gasteiger partial charge >= 0.3 is 0 Å². The Kier molecular flexibility index (Phi) is 6.58. The Morgan fingerprint density at radius 1 is 1.22 bits per heavy atom. The van der Waals surface area contributed by atoms with E-state index in [9.17, 15) is 5.11 Å². The lowest BCUT2D eigenvalue weighted by Gasteiger charge is -2.26. The Hall–Kier alpha value is -1.22. The summed E-state index contributed by atoms with van der Waals surface area (Å²) in [6.45, 7) is 4.54. The molecule has 0 amide bonds. The maximum absolute atomic E-state index is 9.42. The van der Waals surface area contributed by atoms with Crippen molar-refractivity contribution in [3.05, 3.63) is 24.3 Å². The van der Waals surface area contributed by atoms with E-state index < -0.39 is 0 Å². The summed E-state index contributed by atoms with van der Waals surface area (Å²) in [5.41, 5.74) is 1.08. The van der Waals surface area contributed by atoms with Gasteiger partial charge in [-0.1, -0.05) is 20.3 Å². The fourth-order valence-electron chi connectivity index (χ4n) is 2.18. The van der Waals surface area contributed by atoms with Gasteiger partial charge in [0.05, 0.1) is 7.11 Å². The van der Waals surface area contributed by atoms with Gasteiger partial charge in [0.25, 0.3) is 0 Å². The van der Waals surface area contributed by atoms with Crippen LogP contribution in [-0.4, -0.2) is 24.9 Å². The first kappa shape index (κ1) is 14.8. The Labute approximate surface area is 110 Å². The van der Waals surface area contributed by atoms with Gasteiger partial charge in [-0.15, -0.1) is 0 Å². The van der Waals surface area contributed by atoms with Crippen LogP contribution < -0.4 is 10.1 Å². The molecule has 2 N–H and O–H groups in total. The molecule has 0 spiro atoms. The van der Waals surface area contributed by atoms with Crippen LogP contribution in [0.5, 0.6) is 5.75 Å². The molecule has 0 saturated heterocycles. The van der Waals surface area contributed by atoms with Gasteiger partial charge in [-0.2, -0.15) is 0 Å². The molecule has 3 nitrogen and oxygen atoms in total. The topological polar surface area (TPSA) is 41.5 Å². The summed E-state index contributed by atoms with van der Waals surface area (Å²) < 4.78 is 5.14. The number of benzene rings is 1. The van der Waals surface area contributed by atoms with Crippen LogP contribution in [0.2, 0.25) is 0 Å². The average Bonchev–Trinajstić information content (AvgIpc) is 2.41. The molecule has 0 aromatic heterocycles. The third-order valence-corrected chi connectivity index (χ3v) is 3.37. The molecule has 0 aliphatic rings. The van der Waals surface area contributed by atoms with Crippen molar-refractivity contribution in [1.82, 2.24) is 0 Å². The van der Waals surface area contributed by atoms with E-state index in [-0.39, 0.29) is 6.61 Å². The third-order valence-electron chi connectivity index (χ3n) is 3.37. The summed E-state index contributed by atoms with van der Waals surface area (Å²) in [6, 6.07) is 8.27. The average molecular weight is 251 g/mol. The predicted molar refractivity (Wildman–Crippen MR) is 76.2 cm³/mol. The first-order valence-corrected chi connectivity index (χ1v) is 6.76. The zero-order chi connectivity index (χ0) is 13.4. The quantitative estimate of drug-likeness (QED) is 0.745. The van der Waals surface area contributed by atoms with Crippen molar-refractivity contribution < 1.29 is 9.84 Å². The van der Waals surface area contributed by atoms with Gasteiger partial charge in [0.2, 0.25) is 0 Å². The van der Waals surface area contributed by atoms with Crippen LogP contribution in [0.25, 0.3) is 0 Å². The third kappa shape index (κ3) is 4.22. The predicted octanol–water partition coefficient (Wildman–Crippen LogP) is 3.29. The minimum atomic E-state index is 0.240. The van der Waals surface area contributed by atoms with E-state index in [4.69, 9.17) is 4.74 Å². The van der Waals surface area contributed by atoms with Crippen LogP contribution >= 0.6 is 0 Å². The number of aliphatic hydroxyl groups excluding tert-OH is 1. The molecule has 0 aliphatic carbocycles. The van der Waals surface area contributed by atoms with E-state index in [1.807, 2.05) is 24.3 Å². The fourth-order valence-corrected chi connectivity index (χ4v) is 2.18. The van der Waals surface area contributed by atoms with Gasteiger partial charge in [-0.25, -0.2) is 0 Å². The van der Waals surface area contributed by atoms with Crippen LogP contribution in [0.4, 0.5) is 5.69 Å². The maximum Gasteiger partial charge on any atom is 0.119 e. The minimum Gasteiger partial charge on any atom is -0.497 e. The number of hydrogen-bond donors (Lipinski definition) is 2. The van der Waals surface area contributed by atoms with Crippen LogP contribution in [0.1, 0.15) is 33.1 Å². The summed E-state index contributed by atoms with van der Waals surface area (Å²) in [6.07, 6.45) is 3.18. The molecule has 0 unspecified atom stereocenters. The van der Waals surface area contributed by atoms with Gasteiger partial charge in [-0.3, -0.25) is 0 Å². The summed E-state index contributed by atoms with van der Waals surface area (Å²) in [7, 11) is 1.67. The molecular formula is C15H25NO2. The molecule has 0 bridgehead atoms. The standard InChI is InChI=1S/C15H25NO2/c1-4-6-15(12(5-2)11-17)16-13-7-9-14(18-3)10-8-13/h7-10,12,15-17H,4-6,11H2,1-3H3/t12-,15-/m1/s1. The first-order chi connectivity index (χ1) is 8.74. The number of hydrogen-bond acceptors (Lipinski definition) is 3. The van der Waals surface area contributed by atoms with Gasteiger partial charge in [0, 0.05) is 24.3 Å². The number of aliphatic hydroxyl groups is 1. The van der Waals surface area contributed by atoms with Crippen molar-refractivity contribution in [2.75, 3.05) is 19.0 Å². The first-order valence-electron chi connectivity index (χ1n) is 6.76. The lowest BCUT2D eigenvalue weighted by atomic mass is 9.94. The van der Waals surface area contributed by atoms with Crippen molar-refractivity contribution in [2.45, 2.75) is 39.2 Å². The second-order valence-corrected chi connectivity index (χ2v) is 4.62. The summed E-state index contributed by atoms with van der Waals surface area (Å²) in [5.74, 6) is 1.17. The fraction of sp³-hybridized carbons (Fsp3) is 0.600. The highest BCUT2D eigenvalue weighted by molar-refractivity contribution is 5.47. The zero-order valence-electron chi connectivity index (χ0n) is 11.6. The molecule has 0 saturated carbocycles. The largest absolute Gasteiger partial charge is 0.497 e. The van der Waals surface area contributed by atoms with Crippen molar-refractivity contribution in [3.63, 3.8) is 0 Å². The highest BCUT2D eigenvalue weighted by Gasteiger charge is 2.18. The molecule has 0 aliphatic heterocycles. The van der Waals surface area contributed by atoms with Crippen LogP contribution in [0, 0.1) is 5.92 Å². The van der Waals surface area contributed by atoms with Crippen molar-refractivity contribution in [1.29, 1.82) is 0 Å². The number of ether oxygens (including phenoxy) is 1. The zero-order valence-corrected chi connectivity index (χ0v) is 11.6. The van der Waals surface area contributed by atoms with Crippen LogP contribution in [0.15, 0.2) is 24.3 Å². The Morgan fingerprint density at radius 2 is 1.89 bits per heavy atom. The number of anilines is 1. The van der Waals surface area contributed by atoms with Gasteiger partial charge < -0.3 is 15.2 Å². The Balaban J connectivity index is 2.69. The van der Waals surface area contributed by atoms with Crippen molar-refractivity contribution in [3.8, 4) is 5.75 Å². The Bertz CT molecular complexity index is 320. The highest BCUT2D eigenvalue weighted by Crippen LogP contribution is 2.21. The summed E-state index contributed by atoms with van der Waals surface area (Å²) in [5, 5.41) is 12.9. The van der Waals surface area contributed by atoms with E-state index in [0.717, 1.165) is 30.7 Å². The lowest BCUT2D eigenvalue weighted by molar-refractivity contribution is 0.202. The van der Waals surface area contributed by atoms with Crippen molar-refractivity contribution in [2.24, 2.45) is 5.92 Å². The molecule has 1 aromatic carbocycles. The van der Waals surface area contributed by atoms with Crippen LogP contribution in [0.3, 0.4) is 0 Å². The molecule has 18 heavy (non-hydrogen) atoms. The van der Waals surface area contributed by atoms with E-state index in [1.165, 1.54) is 0 Å². The van der Waals surface area contributed by atoms with E-state index in [1.54, 1.807) is 7.11 Å². The molecule has 1 rings (SSSR count). The van der Waals surface area contributed by atoms with Crippen LogP contribution in [-0.2, 0) is 0 Å². The normalized spacial score (nSPS) is 14.0. The molecule has 102 valence electrons. The molecule has 0 fully saturated rings. The summed E-state index contributed by atoms with van der Waals surface area (Å²) >= 11 is 0. The van der Waals surface area contributed by atoms with Gasteiger partial charge in [0.15, 0.2) is 0 Å².